The SMILES string of the molecule is CNc1ncccc1COc1ccc(C(C)C)cc1. The number of ether oxygens (including phenoxy) is 1. The Morgan fingerprint density at radius 3 is 2.53 bits per heavy atom. The first-order chi connectivity index (χ1) is 9.20. The third kappa shape index (κ3) is 3.47. The molecule has 0 aliphatic carbocycles. The highest BCUT2D eigenvalue weighted by Crippen LogP contribution is 2.20. The smallest absolute Gasteiger partial charge is 0.132 e. The fourth-order valence-corrected chi connectivity index (χ4v) is 1.89. The summed E-state index contributed by atoms with van der Waals surface area (Å²) in [5.41, 5.74) is 2.38. The van der Waals surface area contributed by atoms with E-state index in [2.05, 4.69) is 36.3 Å². The maximum Gasteiger partial charge on any atom is 0.132 e. The zero-order chi connectivity index (χ0) is 13.7. The summed E-state index contributed by atoms with van der Waals surface area (Å²) >= 11 is 0. The Morgan fingerprint density at radius 2 is 1.89 bits per heavy atom. The number of anilines is 1. The summed E-state index contributed by atoms with van der Waals surface area (Å²) in [6, 6.07) is 12.2. The second kappa shape index (κ2) is 6.23. The third-order valence-electron chi connectivity index (χ3n) is 3.07. The fourth-order valence-electron chi connectivity index (χ4n) is 1.89. The van der Waals surface area contributed by atoms with Crippen molar-refractivity contribution in [3.8, 4) is 5.75 Å². The van der Waals surface area contributed by atoms with E-state index in [1.807, 2.05) is 31.3 Å². The molecule has 0 atom stereocenters. The third-order valence-corrected chi connectivity index (χ3v) is 3.07. The lowest BCUT2D eigenvalue weighted by molar-refractivity contribution is 0.306. The minimum absolute atomic E-state index is 0.519. The van der Waals surface area contributed by atoms with Gasteiger partial charge in [0.15, 0.2) is 0 Å². The van der Waals surface area contributed by atoms with Crippen LogP contribution in [-0.2, 0) is 6.61 Å². The van der Waals surface area contributed by atoms with E-state index in [9.17, 15) is 0 Å². The molecule has 3 nitrogen and oxygen atoms in total. The van der Waals surface area contributed by atoms with Crippen LogP contribution in [0.4, 0.5) is 5.82 Å². The lowest BCUT2D eigenvalue weighted by Gasteiger charge is -2.11. The average molecular weight is 256 g/mol. The van der Waals surface area contributed by atoms with Gasteiger partial charge in [-0.05, 0) is 29.7 Å². The highest BCUT2D eigenvalue weighted by atomic mass is 16.5. The molecule has 0 unspecified atom stereocenters. The van der Waals surface area contributed by atoms with Gasteiger partial charge in [-0.2, -0.15) is 0 Å². The maximum atomic E-state index is 5.79. The highest BCUT2D eigenvalue weighted by Gasteiger charge is 2.03. The van der Waals surface area contributed by atoms with Crippen molar-refractivity contribution in [3.63, 3.8) is 0 Å². The first kappa shape index (κ1) is 13.4. The minimum atomic E-state index is 0.519. The van der Waals surface area contributed by atoms with Crippen molar-refractivity contribution < 1.29 is 4.74 Å². The Balaban J connectivity index is 2.02. The van der Waals surface area contributed by atoms with E-state index in [1.54, 1.807) is 6.20 Å². The van der Waals surface area contributed by atoms with Crippen LogP contribution < -0.4 is 10.1 Å². The molecule has 19 heavy (non-hydrogen) atoms. The van der Waals surface area contributed by atoms with Crippen LogP contribution in [-0.4, -0.2) is 12.0 Å². The molecule has 2 aromatic rings. The van der Waals surface area contributed by atoms with Crippen molar-refractivity contribution in [2.24, 2.45) is 0 Å². The first-order valence-corrected chi connectivity index (χ1v) is 6.55. The van der Waals surface area contributed by atoms with E-state index >= 15 is 0 Å². The lowest BCUT2D eigenvalue weighted by Crippen LogP contribution is -2.02. The highest BCUT2D eigenvalue weighted by molar-refractivity contribution is 5.42. The Bertz CT molecular complexity index is 521. The Labute approximate surface area is 114 Å². The molecule has 1 aromatic heterocycles. The predicted molar refractivity (Wildman–Crippen MR) is 78.6 cm³/mol. The molecule has 1 N–H and O–H groups in total. The van der Waals surface area contributed by atoms with Crippen LogP contribution in [0, 0.1) is 0 Å². The molecule has 0 saturated heterocycles. The van der Waals surface area contributed by atoms with Gasteiger partial charge in [0.1, 0.15) is 18.2 Å². The van der Waals surface area contributed by atoms with Gasteiger partial charge in [0.2, 0.25) is 0 Å². The molecule has 2 rings (SSSR count). The van der Waals surface area contributed by atoms with Crippen molar-refractivity contribution in [2.75, 3.05) is 12.4 Å². The minimum Gasteiger partial charge on any atom is -0.489 e. The van der Waals surface area contributed by atoms with E-state index in [1.165, 1.54) is 5.56 Å². The molecule has 0 bridgehead atoms. The lowest BCUT2D eigenvalue weighted by atomic mass is 10.0. The fraction of sp³-hybridized carbons (Fsp3) is 0.312. The van der Waals surface area contributed by atoms with Crippen molar-refractivity contribution in [1.82, 2.24) is 4.98 Å². The van der Waals surface area contributed by atoms with Crippen LogP contribution >= 0.6 is 0 Å². The number of rotatable bonds is 5. The topological polar surface area (TPSA) is 34.2 Å². The van der Waals surface area contributed by atoms with E-state index in [4.69, 9.17) is 4.74 Å². The van der Waals surface area contributed by atoms with Crippen LogP contribution in [0.1, 0.15) is 30.9 Å². The number of hydrogen-bond acceptors (Lipinski definition) is 3. The largest absolute Gasteiger partial charge is 0.489 e. The molecule has 1 aromatic carbocycles. The molecule has 100 valence electrons. The second-order valence-corrected chi connectivity index (χ2v) is 4.77. The number of benzene rings is 1. The normalized spacial score (nSPS) is 10.5. The zero-order valence-electron chi connectivity index (χ0n) is 11.7. The Kier molecular flexibility index (Phi) is 4.39. The van der Waals surface area contributed by atoms with Gasteiger partial charge < -0.3 is 10.1 Å². The van der Waals surface area contributed by atoms with Gasteiger partial charge in [0.25, 0.3) is 0 Å². The summed E-state index contributed by atoms with van der Waals surface area (Å²) in [6.07, 6.45) is 1.77. The molecule has 0 aliphatic rings. The summed E-state index contributed by atoms with van der Waals surface area (Å²) in [4.78, 5) is 4.26. The van der Waals surface area contributed by atoms with E-state index in [0.29, 0.717) is 12.5 Å². The standard InChI is InChI=1S/C16H20N2O/c1-12(2)13-6-8-15(9-7-13)19-11-14-5-4-10-18-16(14)17-3/h4-10,12H,11H2,1-3H3,(H,17,18). The van der Waals surface area contributed by atoms with E-state index < -0.39 is 0 Å². The van der Waals surface area contributed by atoms with Crippen molar-refractivity contribution in [3.05, 3.63) is 53.7 Å². The number of aromatic nitrogens is 1. The summed E-state index contributed by atoms with van der Waals surface area (Å²) in [5, 5.41) is 3.06. The van der Waals surface area contributed by atoms with Crippen molar-refractivity contribution in [1.29, 1.82) is 0 Å². The molecule has 0 radical (unpaired) electrons. The van der Waals surface area contributed by atoms with Gasteiger partial charge in [0.05, 0.1) is 0 Å². The summed E-state index contributed by atoms with van der Waals surface area (Å²) < 4.78 is 5.79. The van der Waals surface area contributed by atoms with Gasteiger partial charge in [0, 0.05) is 18.8 Å². The Morgan fingerprint density at radius 1 is 1.16 bits per heavy atom. The van der Waals surface area contributed by atoms with Crippen LogP contribution in [0.2, 0.25) is 0 Å². The predicted octanol–water partition coefficient (Wildman–Crippen LogP) is 3.83. The summed E-state index contributed by atoms with van der Waals surface area (Å²) in [7, 11) is 1.86. The number of hydrogen-bond donors (Lipinski definition) is 1. The number of nitrogens with zero attached hydrogens (tertiary/aromatic N) is 1. The maximum absolute atomic E-state index is 5.79. The van der Waals surface area contributed by atoms with Crippen LogP contribution in [0.25, 0.3) is 0 Å². The molecule has 1 heterocycles. The number of pyridine rings is 1. The van der Waals surface area contributed by atoms with Gasteiger partial charge in [-0.1, -0.05) is 32.0 Å². The van der Waals surface area contributed by atoms with Crippen LogP contribution in [0.15, 0.2) is 42.6 Å². The van der Waals surface area contributed by atoms with Crippen molar-refractivity contribution >= 4 is 5.82 Å². The molecular weight excluding hydrogens is 236 g/mol. The Hall–Kier alpha value is -2.03. The molecule has 0 fully saturated rings. The van der Waals surface area contributed by atoms with E-state index in [-0.39, 0.29) is 0 Å². The average Bonchev–Trinajstić information content (AvgIpc) is 2.45. The monoisotopic (exact) mass is 256 g/mol. The summed E-state index contributed by atoms with van der Waals surface area (Å²) in [5.74, 6) is 2.29. The van der Waals surface area contributed by atoms with Crippen molar-refractivity contribution in [2.45, 2.75) is 26.4 Å². The first-order valence-electron chi connectivity index (χ1n) is 6.55. The van der Waals surface area contributed by atoms with Gasteiger partial charge in [-0.15, -0.1) is 0 Å². The zero-order valence-corrected chi connectivity index (χ0v) is 11.7. The van der Waals surface area contributed by atoms with Crippen LogP contribution in [0.3, 0.4) is 0 Å². The second-order valence-electron chi connectivity index (χ2n) is 4.77. The van der Waals surface area contributed by atoms with Gasteiger partial charge >= 0.3 is 0 Å². The van der Waals surface area contributed by atoms with E-state index in [0.717, 1.165) is 17.1 Å². The summed E-state index contributed by atoms with van der Waals surface area (Å²) in [6.45, 7) is 4.89. The van der Waals surface area contributed by atoms with Crippen LogP contribution in [0.5, 0.6) is 5.75 Å². The molecular formula is C16H20N2O. The molecule has 0 saturated carbocycles. The quantitative estimate of drug-likeness (QED) is 0.883. The van der Waals surface area contributed by atoms with Gasteiger partial charge in [-0.25, -0.2) is 4.98 Å². The van der Waals surface area contributed by atoms with Gasteiger partial charge in [-0.3, -0.25) is 0 Å². The number of nitrogens with one attached hydrogen (secondary N) is 1. The molecule has 3 heteroatoms. The molecule has 0 aliphatic heterocycles. The molecule has 0 spiro atoms. The molecule has 0 amide bonds.